The minimum Gasteiger partial charge on any atom is -0.262 e. The zero-order valence-electron chi connectivity index (χ0n) is 14.9. The summed E-state index contributed by atoms with van der Waals surface area (Å²) in [5, 5.41) is 4.25. The molecule has 0 bridgehead atoms. The minimum atomic E-state index is -3.88. The van der Waals surface area contributed by atoms with Gasteiger partial charge in [0.25, 0.3) is 10.0 Å². The van der Waals surface area contributed by atoms with Gasteiger partial charge in [-0.05, 0) is 43.7 Å². The summed E-state index contributed by atoms with van der Waals surface area (Å²) in [6.45, 7) is 6.24. The summed E-state index contributed by atoms with van der Waals surface area (Å²) in [6, 6.07) is 8.95. The Balaban J connectivity index is 2.09. The van der Waals surface area contributed by atoms with Crippen LogP contribution in [0, 0.1) is 5.82 Å². The van der Waals surface area contributed by atoms with E-state index in [-0.39, 0.29) is 17.4 Å². The van der Waals surface area contributed by atoms with Gasteiger partial charge in [0, 0.05) is 25.3 Å². The predicted octanol–water partition coefficient (Wildman–Crippen LogP) is 3.36. The molecular formula is C18H21FN4O2S. The summed E-state index contributed by atoms with van der Waals surface area (Å²) in [7, 11) is -3.88. The van der Waals surface area contributed by atoms with Crippen molar-refractivity contribution in [2.24, 2.45) is 0 Å². The third kappa shape index (κ3) is 3.10. The molecular weight excluding hydrogens is 355 g/mol. The van der Waals surface area contributed by atoms with Crippen LogP contribution in [0.5, 0.6) is 0 Å². The first-order valence-electron chi connectivity index (χ1n) is 8.49. The molecule has 0 aliphatic rings. The summed E-state index contributed by atoms with van der Waals surface area (Å²) in [5.41, 5.74) is 1.75. The number of benzene rings is 1. The van der Waals surface area contributed by atoms with Gasteiger partial charge in [-0.15, -0.1) is 0 Å². The van der Waals surface area contributed by atoms with Crippen LogP contribution in [-0.2, 0) is 16.6 Å². The lowest BCUT2D eigenvalue weighted by Crippen LogP contribution is -2.34. The van der Waals surface area contributed by atoms with Gasteiger partial charge >= 0.3 is 0 Å². The predicted molar refractivity (Wildman–Crippen MR) is 97.6 cm³/mol. The van der Waals surface area contributed by atoms with Gasteiger partial charge in [-0.2, -0.15) is 9.40 Å². The van der Waals surface area contributed by atoms with Crippen LogP contribution in [0.2, 0.25) is 0 Å². The zero-order valence-corrected chi connectivity index (χ0v) is 15.7. The van der Waals surface area contributed by atoms with E-state index in [1.54, 1.807) is 49.0 Å². The van der Waals surface area contributed by atoms with Gasteiger partial charge < -0.3 is 0 Å². The number of halogens is 1. The number of pyridine rings is 1. The van der Waals surface area contributed by atoms with Gasteiger partial charge in [0.1, 0.15) is 11.3 Å². The maximum atomic E-state index is 13.3. The Morgan fingerprint density at radius 3 is 2.50 bits per heavy atom. The molecule has 0 spiro atoms. The van der Waals surface area contributed by atoms with E-state index in [2.05, 4.69) is 10.1 Å². The van der Waals surface area contributed by atoms with Crippen molar-refractivity contribution in [3.63, 3.8) is 0 Å². The third-order valence-electron chi connectivity index (χ3n) is 4.43. The molecule has 0 fully saturated rings. The number of aromatic nitrogens is 3. The van der Waals surface area contributed by atoms with E-state index in [0.717, 1.165) is 0 Å². The summed E-state index contributed by atoms with van der Waals surface area (Å²) < 4.78 is 42.8. The number of hydrogen-bond donors (Lipinski definition) is 0. The van der Waals surface area contributed by atoms with Gasteiger partial charge in [0.2, 0.25) is 5.03 Å². The van der Waals surface area contributed by atoms with Crippen LogP contribution in [0.25, 0.3) is 11.0 Å². The smallest absolute Gasteiger partial charge is 0.262 e. The Bertz CT molecular complexity index is 1020. The zero-order chi connectivity index (χ0) is 18.9. The van der Waals surface area contributed by atoms with Crippen molar-refractivity contribution in [3.8, 4) is 0 Å². The number of rotatable bonds is 6. The minimum absolute atomic E-state index is 0.0502. The van der Waals surface area contributed by atoms with Gasteiger partial charge in [-0.25, -0.2) is 12.8 Å². The Labute approximate surface area is 152 Å². The van der Waals surface area contributed by atoms with Gasteiger partial charge in [0.15, 0.2) is 0 Å². The van der Waals surface area contributed by atoms with E-state index in [9.17, 15) is 12.8 Å². The van der Waals surface area contributed by atoms with E-state index in [0.29, 0.717) is 23.1 Å². The molecule has 0 aliphatic carbocycles. The Kier molecular flexibility index (Phi) is 5.06. The third-order valence-corrected chi connectivity index (χ3v) is 6.38. The van der Waals surface area contributed by atoms with E-state index < -0.39 is 16.1 Å². The molecule has 2 heterocycles. The number of hydrogen-bond acceptors (Lipinski definition) is 4. The maximum absolute atomic E-state index is 13.3. The molecule has 138 valence electrons. The standard InChI is InChI=1S/C18H21FN4O2S/c1-4-22-16-7-6-12-20-17(16)18(21-22)26(24,25)23(5-2)13(3)14-8-10-15(19)11-9-14/h6-13H,4-5H2,1-3H3/t13-/m0/s1. The highest BCUT2D eigenvalue weighted by Crippen LogP contribution is 2.30. The molecule has 3 aromatic rings. The lowest BCUT2D eigenvalue weighted by atomic mass is 10.1. The van der Waals surface area contributed by atoms with Crippen LogP contribution >= 0.6 is 0 Å². The normalized spacial score (nSPS) is 13.4. The molecule has 6 nitrogen and oxygen atoms in total. The number of aryl methyl sites for hydroxylation is 1. The van der Waals surface area contributed by atoms with Crippen molar-refractivity contribution in [2.45, 2.75) is 38.4 Å². The molecule has 0 radical (unpaired) electrons. The average Bonchev–Trinajstić information content (AvgIpc) is 3.02. The quantitative estimate of drug-likeness (QED) is 0.661. The highest BCUT2D eigenvalue weighted by molar-refractivity contribution is 7.89. The fraction of sp³-hybridized carbons (Fsp3) is 0.333. The highest BCUT2D eigenvalue weighted by atomic mass is 32.2. The number of sulfonamides is 1. The maximum Gasteiger partial charge on any atom is 0.265 e. The van der Waals surface area contributed by atoms with E-state index in [4.69, 9.17) is 0 Å². The van der Waals surface area contributed by atoms with Crippen molar-refractivity contribution < 1.29 is 12.8 Å². The van der Waals surface area contributed by atoms with Crippen LogP contribution in [-0.4, -0.2) is 34.0 Å². The Morgan fingerprint density at radius 1 is 1.19 bits per heavy atom. The van der Waals surface area contributed by atoms with Gasteiger partial charge in [-0.3, -0.25) is 9.67 Å². The molecule has 1 aromatic carbocycles. The van der Waals surface area contributed by atoms with Crippen LogP contribution in [0.4, 0.5) is 4.39 Å². The van der Waals surface area contributed by atoms with Gasteiger partial charge in [0.05, 0.1) is 5.52 Å². The molecule has 0 N–H and O–H groups in total. The Hall–Kier alpha value is -2.32. The number of fused-ring (bicyclic) bond motifs is 1. The molecule has 26 heavy (non-hydrogen) atoms. The lowest BCUT2D eigenvalue weighted by molar-refractivity contribution is 0.355. The van der Waals surface area contributed by atoms with E-state index in [1.165, 1.54) is 16.4 Å². The van der Waals surface area contributed by atoms with Crippen molar-refractivity contribution in [3.05, 3.63) is 54.0 Å². The number of nitrogens with zero attached hydrogens (tertiary/aromatic N) is 4. The SMILES string of the molecule is CCN([C@@H](C)c1ccc(F)cc1)S(=O)(=O)c1nn(CC)c2cccnc12. The fourth-order valence-corrected chi connectivity index (χ4v) is 4.77. The summed E-state index contributed by atoms with van der Waals surface area (Å²) in [4.78, 5) is 4.24. The second-order valence-electron chi connectivity index (χ2n) is 5.93. The monoisotopic (exact) mass is 376 g/mol. The van der Waals surface area contributed by atoms with E-state index in [1.807, 2.05) is 6.92 Å². The largest absolute Gasteiger partial charge is 0.265 e. The van der Waals surface area contributed by atoms with Crippen molar-refractivity contribution >= 4 is 21.1 Å². The summed E-state index contributed by atoms with van der Waals surface area (Å²) in [6.07, 6.45) is 1.56. The highest BCUT2D eigenvalue weighted by Gasteiger charge is 2.33. The molecule has 0 saturated heterocycles. The molecule has 3 rings (SSSR count). The van der Waals surface area contributed by atoms with Crippen molar-refractivity contribution in [1.82, 2.24) is 19.1 Å². The molecule has 8 heteroatoms. The molecule has 0 amide bonds. The first-order chi connectivity index (χ1) is 12.4. The second-order valence-corrected chi connectivity index (χ2v) is 7.73. The first kappa shape index (κ1) is 18.5. The van der Waals surface area contributed by atoms with Crippen molar-refractivity contribution in [2.75, 3.05) is 6.54 Å². The van der Waals surface area contributed by atoms with Crippen LogP contribution in [0.3, 0.4) is 0 Å². The van der Waals surface area contributed by atoms with E-state index >= 15 is 0 Å². The fourth-order valence-electron chi connectivity index (χ4n) is 3.07. The molecule has 0 aliphatic heterocycles. The summed E-state index contributed by atoms with van der Waals surface area (Å²) in [5.74, 6) is -0.358. The topological polar surface area (TPSA) is 68.1 Å². The molecule has 1 atom stereocenters. The molecule has 2 aromatic heterocycles. The first-order valence-corrected chi connectivity index (χ1v) is 9.93. The van der Waals surface area contributed by atoms with Gasteiger partial charge in [-0.1, -0.05) is 19.1 Å². The average molecular weight is 376 g/mol. The second kappa shape index (κ2) is 7.13. The van der Waals surface area contributed by atoms with Crippen LogP contribution in [0.15, 0.2) is 47.6 Å². The van der Waals surface area contributed by atoms with Crippen LogP contribution in [0.1, 0.15) is 32.4 Å². The molecule has 0 unspecified atom stereocenters. The summed E-state index contributed by atoms with van der Waals surface area (Å²) >= 11 is 0. The van der Waals surface area contributed by atoms with Crippen LogP contribution < -0.4 is 0 Å². The lowest BCUT2D eigenvalue weighted by Gasteiger charge is -2.26. The molecule has 0 saturated carbocycles. The van der Waals surface area contributed by atoms with Crippen molar-refractivity contribution in [1.29, 1.82) is 0 Å². The Morgan fingerprint density at radius 2 is 1.88 bits per heavy atom.